The fraction of sp³-hybridized carbons (Fsp3) is 0.229. The summed E-state index contributed by atoms with van der Waals surface area (Å²) in [7, 11) is 1.37. The van der Waals surface area contributed by atoms with Gasteiger partial charge in [-0.1, -0.05) is 54.1 Å². The van der Waals surface area contributed by atoms with Crippen LogP contribution in [0.5, 0.6) is 5.75 Å². The van der Waals surface area contributed by atoms with Crippen molar-refractivity contribution in [2.24, 2.45) is 0 Å². The van der Waals surface area contributed by atoms with Gasteiger partial charge in [-0.25, -0.2) is 4.79 Å². The Kier molecular flexibility index (Phi) is 9.50. The van der Waals surface area contributed by atoms with Gasteiger partial charge in [0.2, 0.25) is 5.91 Å². The van der Waals surface area contributed by atoms with Gasteiger partial charge in [0.05, 0.1) is 30.6 Å². The molecule has 2 N–H and O–H groups in total. The number of anilines is 3. The summed E-state index contributed by atoms with van der Waals surface area (Å²) in [5.41, 5.74) is 8.49. The third-order valence-corrected chi connectivity index (χ3v) is 8.09. The predicted molar refractivity (Wildman–Crippen MR) is 173 cm³/mol. The van der Waals surface area contributed by atoms with E-state index in [1.54, 1.807) is 18.0 Å². The van der Waals surface area contributed by atoms with Gasteiger partial charge in [-0.3, -0.25) is 20.0 Å². The number of aromatic carboxylic acids is 1. The van der Waals surface area contributed by atoms with Crippen molar-refractivity contribution < 1.29 is 24.2 Å². The zero-order chi connectivity index (χ0) is 31.2. The number of para-hydroxylation sites is 2. The Hall–Kier alpha value is -4.82. The number of carbonyl (C=O) groups is 3. The zero-order valence-corrected chi connectivity index (χ0v) is 25.4. The lowest BCUT2D eigenvalue weighted by Crippen LogP contribution is -2.41. The van der Waals surface area contributed by atoms with Crippen molar-refractivity contribution in [2.45, 2.75) is 32.6 Å². The van der Waals surface area contributed by atoms with Crippen LogP contribution in [-0.2, 0) is 11.2 Å². The molecule has 0 spiro atoms. The van der Waals surface area contributed by atoms with Gasteiger partial charge in [-0.05, 0) is 85.3 Å². The molecule has 0 atom stereocenters. The lowest BCUT2D eigenvalue weighted by atomic mass is 10.0. The monoisotopic (exact) mass is 611 g/mol. The minimum Gasteiger partial charge on any atom is -0.496 e. The number of ketones is 1. The van der Waals surface area contributed by atoms with E-state index in [2.05, 4.69) is 16.4 Å². The van der Waals surface area contributed by atoms with Crippen LogP contribution in [0.2, 0.25) is 5.02 Å². The van der Waals surface area contributed by atoms with Crippen molar-refractivity contribution in [1.82, 2.24) is 5.43 Å². The summed E-state index contributed by atoms with van der Waals surface area (Å²) < 4.78 is 5.25. The minimum atomic E-state index is -1.17. The Bertz CT molecular complexity index is 1680. The standard InChI is InChI=1S/C35H34ClN3O5/c1-23(40)25-9-8-10-26(19-25)24-13-15-28(16-14-24)39(32-12-5-4-11-31(32)38-17-6-3-7-18-38)37-34(41)21-27-20-33(44-2)29(35(42)43)22-30(27)36/h4-5,8-16,19-20,22H,3,6-7,17-18,21H2,1-2H3,(H,37,41)(H,42,43). The predicted octanol–water partition coefficient (Wildman–Crippen LogP) is 7.32. The number of carboxylic acids is 1. The number of rotatable bonds is 10. The summed E-state index contributed by atoms with van der Waals surface area (Å²) >= 11 is 6.41. The molecule has 0 saturated carbocycles. The van der Waals surface area contributed by atoms with Crippen LogP contribution < -0.4 is 20.1 Å². The average molecular weight is 612 g/mol. The van der Waals surface area contributed by atoms with Crippen molar-refractivity contribution >= 4 is 46.3 Å². The zero-order valence-electron chi connectivity index (χ0n) is 24.7. The van der Waals surface area contributed by atoms with E-state index in [4.69, 9.17) is 16.3 Å². The average Bonchev–Trinajstić information content (AvgIpc) is 3.05. The fourth-order valence-corrected chi connectivity index (χ4v) is 5.67. The number of carbonyl (C=O) groups excluding carboxylic acids is 2. The number of amides is 1. The van der Waals surface area contributed by atoms with E-state index >= 15 is 0 Å². The highest BCUT2D eigenvalue weighted by Crippen LogP contribution is 2.36. The molecule has 1 amide bonds. The number of benzene rings is 4. The number of hydrazine groups is 1. The van der Waals surface area contributed by atoms with E-state index in [9.17, 15) is 19.5 Å². The van der Waals surface area contributed by atoms with Crippen molar-refractivity contribution in [2.75, 3.05) is 30.1 Å². The smallest absolute Gasteiger partial charge is 0.339 e. The van der Waals surface area contributed by atoms with Gasteiger partial charge in [-0.2, -0.15) is 0 Å². The molecule has 1 saturated heterocycles. The molecule has 1 fully saturated rings. The molecular formula is C35H34ClN3O5. The first-order valence-electron chi connectivity index (χ1n) is 14.5. The Balaban J connectivity index is 1.49. The molecule has 9 heteroatoms. The highest BCUT2D eigenvalue weighted by Gasteiger charge is 2.22. The van der Waals surface area contributed by atoms with Crippen LogP contribution in [0.3, 0.4) is 0 Å². The maximum absolute atomic E-state index is 13.6. The maximum atomic E-state index is 13.6. The summed E-state index contributed by atoms with van der Waals surface area (Å²) in [6, 6.07) is 26.0. The fourth-order valence-electron chi connectivity index (χ4n) is 5.44. The molecule has 1 aliphatic rings. The number of nitrogens with zero attached hydrogens (tertiary/aromatic N) is 2. The van der Waals surface area contributed by atoms with E-state index in [1.807, 2.05) is 60.7 Å². The molecule has 44 heavy (non-hydrogen) atoms. The highest BCUT2D eigenvalue weighted by molar-refractivity contribution is 6.32. The topological polar surface area (TPSA) is 99.2 Å². The SMILES string of the molecule is COc1cc(CC(=O)NN(c2ccc(-c3cccc(C(C)=O)c3)cc2)c2ccccc2N2CCCCC2)c(Cl)cc1C(=O)O. The van der Waals surface area contributed by atoms with Crippen LogP contribution >= 0.6 is 11.6 Å². The molecule has 4 aromatic carbocycles. The molecular weight excluding hydrogens is 578 g/mol. The van der Waals surface area contributed by atoms with E-state index in [-0.39, 0.29) is 34.4 Å². The summed E-state index contributed by atoms with van der Waals surface area (Å²) in [5.74, 6) is -1.39. The van der Waals surface area contributed by atoms with Crippen LogP contribution in [0, 0.1) is 0 Å². The number of carboxylic acid groups (broad SMARTS) is 1. The quantitative estimate of drug-likeness (QED) is 0.143. The van der Waals surface area contributed by atoms with E-state index in [0.717, 1.165) is 54.1 Å². The van der Waals surface area contributed by atoms with E-state index in [1.165, 1.54) is 25.7 Å². The van der Waals surface area contributed by atoms with Gasteiger partial charge in [-0.15, -0.1) is 0 Å². The molecule has 0 aromatic heterocycles. The second kappa shape index (κ2) is 13.7. The molecule has 4 aromatic rings. The van der Waals surface area contributed by atoms with Crippen LogP contribution in [0.25, 0.3) is 11.1 Å². The van der Waals surface area contributed by atoms with Gasteiger partial charge >= 0.3 is 5.97 Å². The normalized spacial score (nSPS) is 12.8. The van der Waals surface area contributed by atoms with Gasteiger partial charge in [0.25, 0.3) is 0 Å². The lowest BCUT2D eigenvalue weighted by Gasteiger charge is -2.34. The van der Waals surface area contributed by atoms with Crippen molar-refractivity contribution in [1.29, 1.82) is 0 Å². The summed E-state index contributed by atoms with van der Waals surface area (Å²) in [5, 5.41) is 11.4. The molecule has 0 radical (unpaired) electrons. The summed E-state index contributed by atoms with van der Waals surface area (Å²) in [6.45, 7) is 3.40. The Labute approximate surface area is 261 Å². The number of Topliss-reactive ketones (excluding diaryl/α,β-unsaturated/α-hetero) is 1. The molecule has 1 heterocycles. The molecule has 8 nitrogen and oxygen atoms in total. The summed E-state index contributed by atoms with van der Waals surface area (Å²) in [6.07, 6.45) is 3.28. The number of methoxy groups -OCH3 is 1. The van der Waals surface area contributed by atoms with Crippen LogP contribution in [-0.4, -0.2) is 43.0 Å². The molecule has 226 valence electrons. The minimum absolute atomic E-state index is 0.00185. The van der Waals surface area contributed by atoms with E-state index in [0.29, 0.717) is 11.1 Å². The van der Waals surface area contributed by atoms with Gasteiger partial charge in [0.15, 0.2) is 5.78 Å². The highest BCUT2D eigenvalue weighted by atomic mass is 35.5. The lowest BCUT2D eigenvalue weighted by molar-refractivity contribution is -0.120. The Morgan fingerprint density at radius 3 is 2.32 bits per heavy atom. The third kappa shape index (κ3) is 6.87. The third-order valence-electron chi connectivity index (χ3n) is 7.73. The number of ether oxygens (including phenoxy) is 1. The second-order valence-electron chi connectivity index (χ2n) is 10.7. The van der Waals surface area contributed by atoms with Crippen molar-refractivity contribution in [3.63, 3.8) is 0 Å². The first kappa shape index (κ1) is 30.6. The number of piperidine rings is 1. The largest absolute Gasteiger partial charge is 0.496 e. The van der Waals surface area contributed by atoms with Crippen molar-refractivity contribution in [3.05, 3.63) is 107 Å². The Morgan fingerprint density at radius 1 is 0.909 bits per heavy atom. The number of hydrogen-bond acceptors (Lipinski definition) is 6. The molecule has 0 bridgehead atoms. The van der Waals surface area contributed by atoms with Crippen molar-refractivity contribution in [3.8, 4) is 16.9 Å². The molecule has 5 rings (SSSR count). The van der Waals surface area contributed by atoms with E-state index < -0.39 is 5.97 Å². The molecule has 0 unspecified atom stereocenters. The molecule has 0 aliphatic carbocycles. The number of hydrogen-bond donors (Lipinski definition) is 2. The maximum Gasteiger partial charge on any atom is 0.339 e. The van der Waals surface area contributed by atoms with Crippen LogP contribution in [0.15, 0.2) is 84.9 Å². The Morgan fingerprint density at radius 2 is 1.64 bits per heavy atom. The van der Waals surface area contributed by atoms with Gasteiger partial charge in [0.1, 0.15) is 11.3 Å². The molecule has 1 aliphatic heterocycles. The van der Waals surface area contributed by atoms with Crippen LogP contribution in [0.4, 0.5) is 17.1 Å². The first-order valence-corrected chi connectivity index (χ1v) is 14.9. The summed E-state index contributed by atoms with van der Waals surface area (Å²) in [4.78, 5) is 39.5. The number of halogens is 1. The van der Waals surface area contributed by atoms with Crippen LogP contribution in [0.1, 0.15) is 52.5 Å². The number of nitrogens with one attached hydrogen (secondary N) is 1. The first-order chi connectivity index (χ1) is 21.2. The van der Waals surface area contributed by atoms with Gasteiger partial charge < -0.3 is 14.7 Å². The second-order valence-corrected chi connectivity index (χ2v) is 11.1. The van der Waals surface area contributed by atoms with Gasteiger partial charge in [0, 0.05) is 23.7 Å².